The van der Waals surface area contributed by atoms with Gasteiger partial charge in [-0.25, -0.2) is 5.41 Å². The van der Waals surface area contributed by atoms with Gasteiger partial charge in [0, 0.05) is 0 Å². The molecule has 0 heterocycles. The topological polar surface area (TPSA) is 36.2 Å². The van der Waals surface area contributed by atoms with Crippen LogP contribution in [0.1, 0.15) is 25.0 Å². The molecule has 0 aromatic heterocycles. The molecule has 0 spiro atoms. The first-order valence-corrected chi connectivity index (χ1v) is 4.56. The molecule has 0 aliphatic carbocycles. The summed E-state index contributed by atoms with van der Waals surface area (Å²) in [6.07, 6.45) is 1.91. The third kappa shape index (κ3) is 2.04. The van der Waals surface area contributed by atoms with Crippen molar-refractivity contribution in [2.45, 2.75) is 26.7 Å². The Kier molecular flexibility index (Phi) is 3.41. The number of rotatable bonds is 3. The van der Waals surface area contributed by atoms with Gasteiger partial charge < -0.3 is 0 Å². The molecular weight excluding hydrogens is 160 g/mol. The van der Waals surface area contributed by atoms with E-state index in [1.54, 1.807) is 0 Å². The van der Waals surface area contributed by atoms with Gasteiger partial charge in [0.2, 0.25) is 0 Å². The number of para-hydroxylation sites is 1. The fourth-order valence-electron chi connectivity index (χ4n) is 1.41. The van der Waals surface area contributed by atoms with Gasteiger partial charge in [-0.2, -0.15) is 4.99 Å². The second kappa shape index (κ2) is 4.58. The zero-order valence-electron chi connectivity index (χ0n) is 8.09. The van der Waals surface area contributed by atoms with Gasteiger partial charge in [-0.1, -0.05) is 32.0 Å². The van der Waals surface area contributed by atoms with E-state index in [0.717, 1.165) is 18.5 Å². The van der Waals surface area contributed by atoms with E-state index in [9.17, 15) is 0 Å². The summed E-state index contributed by atoms with van der Waals surface area (Å²) in [7, 11) is 0. The Hall–Kier alpha value is -1.40. The van der Waals surface area contributed by atoms with Gasteiger partial charge in [0.1, 0.15) is 0 Å². The number of nitrogens with zero attached hydrogens (tertiary/aromatic N) is 1. The summed E-state index contributed by atoms with van der Waals surface area (Å²) in [5.74, 6) is 0. The molecule has 0 amide bonds. The molecule has 0 fully saturated rings. The Bertz CT molecular complexity index is 314. The molecule has 0 aliphatic rings. The molecule has 2 heteroatoms. The normalized spacial score (nSPS) is 9.38. The lowest BCUT2D eigenvalue weighted by atomic mass is 10.0. The molecule has 0 atom stereocenters. The van der Waals surface area contributed by atoms with Crippen molar-refractivity contribution >= 4 is 11.7 Å². The zero-order chi connectivity index (χ0) is 9.68. The van der Waals surface area contributed by atoms with Gasteiger partial charge in [0.05, 0.1) is 11.7 Å². The molecule has 0 aliphatic heterocycles. The molecule has 0 radical (unpaired) electrons. The van der Waals surface area contributed by atoms with Crippen LogP contribution in [0.4, 0.5) is 5.69 Å². The van der Waals surface area contributed by atoms with Crippen LogP contribution in [0.3, 0.4) is 0 Å². The van der Waals surface area contributed by atoms with Crippen LogP contribution in [-0.2, 0) is 12.8 Å². The van der Waals surface area contributed by atoms with Gasteiger partial charge in [-0.3, -0.25) is 0 Å². The lowest BCUT2D eigenvalue weighted by Crippen LogP contribution is -1.87. The summed E-state index contributed by atoms with van der Waals surface area (Å²) in [4.78, 5) is 3.96. The summed E-state index contributed by atoms with van der Waals surface area (Å²) >= 11 is 0. The number of aliphatic imine (C=N–C) groups is 1. The van der Waals surface area contributed by atoms with Crippen LogP contribution in [0, 0.1) is 5.41 Å². The standard InChI is InChI=1S/C11H14N2/c1-3-9-6-5-7-10(4-2)11(9)13-8-12/h5-7,12H,3-4H2,1-2H3. The smallest absolute Gasteiger partial charge is 0.0918 e. The Morgan fingerprint density at radius 2 is 1.77 bits per heavy atom. The number of hydrogen-bond acceptors (Lipinski definition) is 2. The quantitative estimate of drug-likeness (QED) is 0.683. The van der Waals surface area contributed by atoms with Gasteiger partial charge in [0.25, 0.3) is 0 Å². The van der Waals surface area contributed by atoms with E-state index >= 15 is 0 Å². The third-order valence-corrected chi connectivity index (χ3v) is 2.13. The van der Waals surface area contributed by atoms with E-state index in [1.807, 2.05) is 6.07 Å². The molecule has 1 rings (SSSR count). The molecule has 13 heavy (non-hydrogen) atoms. The highest BCUT2D eigenvalue weighted by atomic mass is 14.7. The van der Waals surface area contributed by atoms with Crippen molar-refractivity contribution in [1.82, 2.24) is 0 Å². The predicted octanol–water partition coefficient (Wildman–Crippen LogP) is 3.20. The number of nitrogens with one attached hydrogen (secondary N) is 1. The summed E-state index contributed by atoms with van der Waals surface area (Å²) in [6.45, 7) is 4.19. The highest BCUT2D eigenvalue weighted by molar-refractivity contribution is 5.59. The van der Waals surface area contributed by atoms with Crippen LogP contribution >= 0.6 is 0 Å². The van der Waals surface area contributed by atoms with Crippen LogP contribution < -0.4 is 0 Å². The fourth-order valence-corrected chi connectivity index (χ4v) is 1.41. The van der Waals surface area contributed by atoms with E-state index in [0.29, 0.717) is 0 Å². The Morgan fingerprint density at radius 1 is 1.23 bits per heavy atom. The third-order valence-electron chi connectivity index (χ3n) is 2.13. The van der Waals surface area contributed by atoms with Gasteiger partial charge in [0.15, 0.2) is 0 Å². The van der Waals surface area contributed by atoms with E-state index in [1.165, 1.54) is 11.1 Å². The number of benzene rings is 1. The SMILES string of the molecule is CCc1cccc(CC)c1N=C=N. The second-order valence-electron chi connectivity index (χ2n) is 2.86. The maximum absolute atomic E-state index is 6.87. The average molecular weight is 174 g/mol. The maximum atomic E-state index is 6.87. The van der Waals surface area contributed by atoms with E-state index in [-0.39, 0.29) is 0 Å². The zero-order valence-corrected chi connectivity index (χ0v) is 8.09. The summed E-state index contributed by atoms with van der Waals surface area (Å²) < 4.78 is 0. The lowest BCUT2D eigenvalue weighted by molar-refractivity contribution is 1.08. The average Bonchev–Trinajstić information content (AvgIpc) is 2.18. The van der Waals surface area contributed by atoms with Crippen molar-refractivity contribution in [3.8, 4) is 0 Å². The van der Waals surface area contributed by atoms with Crippen molar-refractivity contribution in [1.29, 1.82) is 5.41 Å². The first kappa shape index (κ1) is 9.69. The first-order valence-electron chi connectivity index (χ1n) is 4.56. The van der Waals surface area contributed by atoms with E-state index in [4.69, 9.17) is 5.41 Å². The minimum Gasteiger partial charge on any atom is -0.241 e. The number of aryl methyl sites for hydroxylation is 2. The highest BCUT2D eigenvalue weighted by Crippen LogP contribution is 2.24. The Labute approximate surface area is 78.8 Å². The monoisotopic (exact) mass is 174 g/mol. The summed E-state index contributed by atoms with van der Waals surface area (Å²) in [6, 6.07) is 8.25. The molecule has 0 saturated heterocycles. The number of hydrogen-bond donors (Lipinski definition) is 1. The van der Waals surface area contributed by atoms with Crippen LogP contribution in [0.25, 0.3) is 0 Å². The minimum atomic E-state index is 0.933. The molecule has 68 valence electrons. The predicted molar refractivity (Wildman–Crippen MR) is 55.0 cm³/mol. The van der Waals surface area contributed by atoms with Gasteiger partial charge >= 0.3 is 0 Å². The molecule has 2 nitrogen and oxygen atoms in total. The van der Waals surface area contributed by atoms with Crippen molar-refractivity contribution in [2.24, 2.45) is 4.99 Å². The van der Waals surface area contributed by atoms with Crippen LogP contribution in [0.5, 0.6) is 0 Å². The highest BCUT2D eigenvalue weighted by Gasteiger charge is 2.03. The van der Waals surface area contributed by atoms with Crippen LogP contribution in [-0.4, -0.2) is 6.01 Å². The molecular formula is C11H14N2. The van der Waals surface area contributed by atoms with E-state index in [2.05, 4.69) is 37.0 Å². The molecule has 1 N–H and O–H groups in total. The second-order valence-corrected chi connectivity index (χ2v) is 2.86. The van der Waals surface area contributed by atoms with Crippen LogP contribution in [0.15, 0.2) is 23.2 Å². The molecule has 0 bridgehead atoms. The maximum Gasteiger partial charge on any atom is 0.0918 e. The van der Waals surface area contributed by atoms with Crippen LogP contribution in [0.2, 0.25) is 0 Å². The summed E-state index contributed by atoms with van der Waals surface area (Å²) in [5.41, 5.74) is 3.32. The molecule has 0 unspecified atom stereocenters. The van der Waals surface area contributed by atoms with Crippen molar-refractivity contribution < 1.29 is 0 Å². The summed E-state index contributed by atoms with van der Waals surface area (Å²) in [5, 5.41) is 6.87. The first-order chi connectivity index (χ1) is 6.33. The largest absolute Gasteiger partial charge is 0.241 e. The van der Waals surface area contributed by atoms with Crippen molar-refractivity contribution in [2.75, 3.05) is 0 Å². The van der Waals surface area contributed by atoms with E-state index < -0.39 is 0 Å². The van der Waals surface area contributed by atoms with Crippen molar-refractivity contribution in [3.05, 3.63) is 29.3 Å². The lowest BCUT2D eigenvalue weighted by Gasteiger charge is -2.06. The van der Waals surface area contributed by atoms with Crippen molar-refractivity contribution in [3.63, 3.8) is 0 Å². The van der Waals surface area contributed by atoms with Gasteiger partial charge in [-0.15, -0.1) is 0 Å². The molecule has 1 aromatic rings. The molecule has 0 saturated carbocycles. The minimum absolute atomic E-state index is 0.933. The Morgan fingerprint density at radius 3 is 2.15 bits per heavy atom. The Balaban J connectivity index is 3.28. The fraction of sp³-hybridized carbons (Fsp3) is 0.364. The van der Waals surface area contributed by atoms with Gasteiger partial charge in [-0.05, 0) is 24.0 Å². The molecule has 1 aromatic carbocycles.